The number of nitrogens with zero attached hydrogens (tertiary/aromatic N) is 2. The van der Waals surface area contributed by atoms with Gasteiger partial charge in [-0.3, -0.25) is 0 Å². The molecule has 0 bridgehead atoms. The van der Waals surface area contributed by atoms with E-state index < -0.39 is 0 Å². The van der Waals surface area contributed by atoms with Crippen molar-refractivity contribution < 1.29 is 0 Å². The monoisotopic (exact) mass is 161 g/mol. The van der Waals surface area contributed by atoms with E-state index in [1.165, 1.54) is 0 Å². The number of rotatable bonds is 0. The third-order valence-electron chi connectivity index (χ3n) is 0.516. The molecular weight excluding hydrogens is 147 g/mol. The molecule has 0 saturated heterocycles. The van der Waals surface area contributed by atoms with Gasteiger partial charge in [0, 0.05) is 41.4 Å². The molecule has 0 rings (SSSR count). The van der Waals surface area contributed by atoms with Crippen molar-refractivity contribution in [2.75, 3.05) is 0 Å². The van der Waals surface area contributed by atoms with Gasteiger partial charge < -0.3 is 0 Å². The fraction of sp³-hybridized carbons (Fsp3) is 0.750. The third-order valence-corrected chi connectivity index (χ3v) is 0.516. The topological polar surface area (TPSA) is 47.6 Å². The Morgan fingerprint density at radius 3 is 0.909 bits per heavy atom. The Bertz CT molecular complexity index is 121. The average molecular weight is 161 g/mol. The summed E-state index contributed by atoms with van der Waals surface area (Å²) in [6, 6.07) is 4.06. The van der Waals surface area contributed by atoms with Gasteiger partial charge in [-0.15, -0.1) is 0 Å². The summed E-state index contributed by atoms with van der Waals surface area (Å²) in [6.45, 7) is 7.44. The molecule has 1 radical (unpaired) electrons. The van der Waals surface area contributed by atoms with Gasteiger partial charge in [0.25, 0.3) is 0 Å². The smallest absolute Gasteiger partial charge is 0.0649 e. The van der Waals surface area contributed by atoms with E-state index in [-0.39, 0.29) is 41.4 Å². The number of hydrogen-bond donors (Lipinski definition) is 0. The van der Waals surface area contributed by atoms with E-state index in [1.54, 1.807) is 0 Å². The molecule has 2 nitrogen and oxygen atoms in total. The van der Waals surface area contributed by atoms with E-state index in [0.717, 1.165) is 0 Å². The fourth-order valence-corrected chi connectivity index (χ4v) is 0. The van der Waals surface area contributed by atoms with Crippen LogP contribution in [-0.4, -0.2) is 29.6 Å². The van der Waals surface area contributed by atoms with Crippen molar-refractivity contribution in [3.05, 3.63) is 0 Å². The minimum atomic E-state index is 0. The molecule has 0 N–H and O–H groups in total. The van der Waals surface area contributed by atoms with Gasteiger partial charge in [-0.1, -0.05) is 0 Å². The van der Waals surface area contributed by atoms with Crippen molar-refractivity contribution in [3.63, 3.8) is 0 Å². The first-order chi connectivity index (χ1) is 4.54. The molecule has 0 aromatic heterocycles. The zero-order chi connectivity index (χ0) is 8.57. The predicted octanol–water partition coefficient (Wildman–Crippen LogP) is 1.95. The fourth-order valence-electron chi connectivity index (χ4n) is 0. The first-order valence-corrected chi connectivity index (χ1v) is 3.33. The quantitative estimate of drug-likeness (QED) is 0.510. The molecule has 0 aliphatic heterocycles. The summed E-state index contributed by atoms with van der Waals surface area (Å²) in [5, 5.41) is 15.8. The summed E-state index contributed by atoms with van der Waals surface area (Å²) < 4.78 is 0. The summed E-state index contributed by atoms with van der Waals surface area (Å²) in [5.74, 6) is 0.380. The van der Waals surface area contributed by atoms with Crippen LogP contribution in [0.4, 0.5) is 0 Å². The van der Waals surface area contributed by atoms with Gasteiger partial charge >= 0.3 is 0 Å². The van der Waals surface area contributed by atoms with Crippen LogP contribution in [-0.2, 0) is 0 Å². The molecule has 0 fully saturated rings. The standard InChI is InChI=1S/2C4H7N.Na/c2*1-4(2)3-5;/h2*4H,1-2H3;. The molecular formula is C8H14N2Na. The number of nitriles is 2. The van der Waals surface area contributed by atoms with Crippen molar-refractivity contribution in [1.29, 1.82) is 10.5 Å². The Morgan fingerprint density at radius 2 is 0.909 bits per heavy atom. The van der Waals surface area contributed by atoms with Crippen molar-refractivity contribution in [2.45, 2.75) is 27.7 Å². The molecule has 0 unspecified atom stereocenters. The summed E-state index contributed by atoms with van der Waals surface area (Å²) in [4.78, 5) is 0. The van der Waals surface area contributed by atoms with Crippen molar-refractivity contribution in [2.24, 2.45) is 11.8 Å². The Kier molecular flexibility index (Phi) is 19.7. The minimum absolute atomic E-state index is 0. The second kappa shape index (κ2) is 12.6. The van der Waals surface area contributed by atoms with Crippen LogP contribution in [0.3, 0.4) is 0 Å². The van der Waals surface area contributed by atoms with Gasteiger partial charge in [-0.05, 0) is 27.7 Å². The maximum absolute atomic E-state index is 7.89. The molecule has 0 aliphatic rings. The molecule has 0 aliphatic carbocycles. The second-order valence-electron chi connectivity index (χ2n) is 2.57. The Labute approximate surface area is 91.5 Å². The zero-order valence-corrected chi connectivity index (χ0v) is 10.0. The van der Waals surface area contributed by atoms with Crippen LogP contribution in [0.15, 0.2) is 0 Å². The van der Waals surface area contributed by atoms with Crippen LogP contribution in [0.1, 0.15) is 27.7 Å². The van der Waals surface area contributed by atoms with Crippen LogP contribution < -0.4 is 0 Å². The van der Waals surface area contributed by atoms with E-state index >= 15 is 0 Å². The molecule has 57 valence electrons. The molecule has 0 aromatic carbocycles. The normalized spacial score (nSPS) is 6.91. The third kappa shape index (κ3) is 40.1. The maximum atomic E-state index is 7.89. The Morgan fingerprint density at radius 1 is 0.818 bits per heavy atom. The first kappa shape index (κ1) is 17.2. The number of hydrogen-bond acceptors (Lipinski definition) is 2. The van der Waals surface area contributed by atoms with Gasteiger partial charge in [-0.25, -0.2) is 0 Å². The maximum Gasteiger partial charge on any atom is 0.0649 e. The molecule has 0 atom stereocenters. The van der Waals surface area contributed by atoms with Crippen LogP contribution in [0.2, 0.25) is 0 Å². The van der Waals surface area contributed by atoms with Gasteiger partial charge in [0.1, 0.15) is 0 Å². The van der Waals surface area contributed by atoms with Crippen molar-refractivity contribution >= 4 is 29.6 Å². The Hall–Kier alpha value is -0.0200. The predicted molar refractivity (Wildman–Crippen MR) is 46.7 cm³/mol. The SMILES string of the molecule is CC(C)C#N.CC(C)C#N.[Na]. The van der Waals surface area contributed by atoms with Crippen LogP contribution in [0.25, 0.3) is 0 Å². The van der Waals surface area contributed by atoms with Gasteiger partial charge in [-0.2, -0.15) is 10.5 Å². The molecule has 0 heterocycles. The van der Waals surface area contributed by atoms with E-state index in [2.05, 4.69) is 0 Å². The summed E-state index contributed by atoms with van der Waals surface area (Å²) in [7, 11) is 0. The molecule has 0 aromatic rings. The summed E-state index contributed by atoms with van der Waals surface area (Å²) in [6.07, 6.45) is 0. The van der Waals surface area contributed by atoms with Gasteiger partial charge in [0.2, 0.25) is 0 Å². The van der Waals surface area contributed by atoms with Crippen LogP contribution >= 0.6 is 0 Å². The largest absolute Gasteiger partial charge is 0.198 e. The summed E-state index contributed by atoms with van der Waals surface area (Å²) in [5.41, 5.74) is 0. The van der Waals surface area contributed by atoms with Crippen LogP contribution in [0.5, 0.6) is 0 Å². The van der Waals surface area contributed by atoms with Gasteiger partial charge in [0.05, 0.1) is 12.1 Å². The van der Waals surface area contributed by atoms with Crippen molar-refractivity contribution in [3.8, 4) is 12.1 Å². The average Bonchev–Trinajstić information content (AvgIpc) is 1.89. The second-order valence-corrected chi connectivity index (χ2v) is 2.57. The molecule has 0 amide bonds. The van der Waals surface area contributed by atoms with E-state index in [9.17, 15) is 0 Å². The summed E-state index contributed by atoms with van der Waals surface area (Å²) >= 11 is 0. The van der Waals surface area contributed by atoms with Gasteiger partial charge in [0.15, 0.2) is 0 Å². The zero-order valence-electron chi connectivity index (χ0n) is 8.05. The van der Waals surface area contributed by atoms with E-state index in [4.69, 9.17) is 10.5 Å². The minimum Gasteiger partial charge on any atom is -0.198 e. The van der Waals surface area contributed by atoms with E-state index in [1.807, 2.05) is 39.8 Å². The molecule has 0 spiro atoms. The first-order valence-electron chi connectivity index (χ1n) is 3.33. The molecule has 11 heavy (non-hydrogen) atoms. The van der Waals surface area contributed by atoms with Crippen LogP contribution in [0, 0.1) is 34.5 Å². The van der Waals surface area contributed by atoms with Crippen molar-refractivity contribution in [1.82, 2.24) is 0 Å². The van der Waals surface area contributed by atoms with E-state index in [0.29, 0.717) is 0 Å². The molecule has 3 heteroatoms. The molecule has 0 saturated carbocycles. The Balaban J connectivity index is -0.000000107.